The molecule has 106 valence electrons. The van der Waals surface area contributed by atoms with Crippen molar-refractivity contribution in [2.45, 2.75) is 25.9 Å². The van der Waals surface area contributed by atoms with Gasteiger partial charge in [-0.15, -0.1) is 0 Å². The molecule has 1 aromatic heterocycles. The Kier molecular flexibility index (Phi) is 5.32. The molecule has 0 aliphatic heterocycles. The number of rotatable bonds is 7. The fourth-order valence-electron chi connectivity index (χ4n) is 1.91. The van der Waals surface area contributed by atoms with Crippen molar-refractivity contribution in [3.63, 3.8) is 0 Å². The smallest absolute Gasteiger partial charge is 0.220 e. The largest absolute Gasteiger partial charge is 0.352 e. The van der Waals surface area contributed by atoms with Gasteiger partial charge < -0.3 is 11.1 Å². The van der Waals surface area contributed by atoms with Crippen LogP contribution in [0.25, 0.3) is 0 Å². The molecule has 0 spiro atoms. The molecule has 1 amide bonds. The van der Waals surface area contributed by atoms with Crippen LogP contribution in [-0.4, -0.2) is 22.2 Å². The molecule has 0 aliphatic rings. The molecule has 20 heavy (non-hydrogen) atoms. The average Bonchev–Trinajstić information content (AvgIpc) is 2.91. The Morgan fingerprint density at radius 2 is 2.05 bits per heavy atom. The van der Waals surface area contributed by atoms with Crippen LogP contribution in [0.4, 0.5) is 0 Å². The van der Waals surface area contributed by atoms with Gasteiger partial charge in [0.05, 0.1) is 12.7 Å². The van der Waals surface area contributed by atoms with Gasteiger partial charge in [0.1, 0.15) is 0 Å². The number of nitrogens with zero attached hydrogens (tertiary/aromatic N) is 2. The molecule has 1 heterocycles. The number of benzene rings is 1. The van der Waals surface area contributed by atoms with Gasteiger partial charge in [-0.05, 0) is 18.5 Å². The summed E-state index contributed by atoms with van der Waals surface area (Å²) in [6, 6.07) is 10.1. The van der Waals surface area contributed by atoms with Gasteiger partial charge in [0, 0.05) is 24.7 Å². The molecular formula is C15H20N4O. The zero-order valence-electron chi connectivity index (χ0n) is 11.5. The monoisotopic (exact) mass is 272 g/mol. The number of hydrogen-bond acceptors (Lipinski definition) is 3. The van der Waals surface area contributed by atoms with E-state index >= 15 is 0 Å². The number of hydrogen-bond donors (Lipinski definition) is 2. The van der Waals surface area contributed by atoms with E-state index in [0.717, 1.165) is 18.5 Å². The van der Waals surface area contributed by atoms with Crippen LogP contribution in [0.1, 0.15) is 24.0 Å². The van der Waals surface area contributed by atoms with Crippen LogP contribution < -0.4 is 11.1 Å². The first-order chi connectivity index (χ1) is 9.78. The van der Waals surface area contributed by atoms with E-state index in [2.05, 4.69) is 22.5 Å². The molecule has 5 nitrogen and oxygen atoms in total. The highest BCUT2D eigenvalue weighted by molar-refractivity contribution is 5.75. The topological polar surface area (TPSA) is 72.9 Å². The summed E-state index contributed by atoms with van der Waals surface area (Å²) in [6.45, 7) is 1.79. The van der Waals surface area contributed by atoms with E-state index in [9.17, 15) is 4.79 Å². The van der Waals surface area contributed by atoms with Crippen LogP contribution in [-0.2, 0) is 17.9 Å². The first-order valence-electron chi connectivity index (χ1n) is 6.80. The highest BCUT2D eigenvalue weighted by atomic mass is 16.1. The van der Waals surface area contributed by atoms with E-state index in [4.69, 9.17) is 5.73 Å². The van der Waals surface area contributed by atoms with Crippen molar-refractivity contribution in [3.05, 3.63) is 53.9 Å². The lowest BCUT2D eigenvalue weighted by atomic mass is 10.2. The zero-order valence-corrected chi connectivity index (χ0v) is 11.5. The first kappa shape index (κ1) is 14.3. The summed E-state index contributed by atoms with van der Waals surface area (Å²) in [5.41, 5.74) is 7.57. The van der Waals surface area contributed by atoms with E-state index in [0.29, 0.717) is 19.5 Å². The summed E-state index contributed by atoms with van der Waals surface area (Å²) in [5, 5.41) is 7.16. The number of nitrogens with one attached hydrogen (secondary N) is 1. The lowest BCUT2D eigenvalue weighted by Crippen LogP contribution is -2.23. The van der Waals surface area contributed by atoms with Crippen molar-refractivity contribution in [3.8, 4) is 0 Å². The number of aromatic nitrogens is 2. The highest BCUT2D eigenvalue weighted by Crippen LogP contribution is 2.04. The second-order valence-corrected chi connectivity index (χ2v) is 4.70. The van der Waals surface area contributed by atoms with Crippen LogP contribution in [0, 0.1) is 0 Å². The third-order valence-electron chi connectivity index (χ3n) is 2.97. The Hall–Kier alpha value is -2.14. The SMILES string of the molecule is NCCCC(=O)NCc1cnn(Cc2ccccc2)c1. The molecule has 5 heteroatoms. The van der Waals surface area contributed by atoms with E-state index in [1.807, 2.05) is 29.1 Å². The second kappa shape index (κ2) is 7.45. The lowest BCUT2D eigenvalue weighted by Gasteiger charge is -2.03. The minimum atomic E-state index is 0.0336. The summed E-state index contributed by atoms with van der Waals surface area (Å²) in [4.78, 5) is 11.5. The quantitative estimate of drug-likeness (QED) is 0.797. The Labute approximate surface area is 118 Å². The van der Waals surface area contributed by atoms with Crippen LogP contribution in [0.2, 0.25) is 0 Å². The molecule has 0 saturated carbocycles. The molecule has 1 aromatic carbocycles. The zero-order chi connectivity index (χ0) is 14.2. The third kappa shape index (κ3) is 4.51. The van der Waals surface area contributed by atoms with Crippen molar-refractivity contribution < 1.29 is 4.79 Å². The minimum absolute atomic E-state index is 0.0336. The predicted molar refractivity (Wildman–Crippen MR) is 77.9 cm³/mol. The number of carbonyl (C=O) groups is 1. The Balaban J connectivity index is 1.82. The molecule has 0 atom stereocenters. The van der Waals surface area contributed by atoms with Gasteiger partial charge in [-0.25, -0.2) is 0 Å². The summed E-state index contributed by atoms with van der Waals surface area (Å²) >= 11 is 0. The average molecular weight is 272 g/mol. The predicted octanol–water partition coefficient (Wildman–Crippen LogP) is 1.29. The van der Waals surface area contributed by atoms with Crippen LogP contribution in [0.15, 0.2) is 42.7 Å². The van der Waals surface area contributed by atoms with Crippen molar-refractivity contribution in [2.75, 3.05) is 6.54 Å². The van der Waals surface area contributed by atoms with Gasteiger partial charge in [-0.1, -0.05) is 30.3 Å². The number of amides is 1. The molecule has 2 rings (SSSR count). The van der Waals surface area contributed by atoms with E-state index in [-0.39, 0.29) is 5.91 Å². The first-order valence-corrected chi connectivity index (χ1v) is 6.80. The van der Waals surface area contributed by atoms with Gasteiger partial charge >= 0.3 is 0 Å². The van der Waals surface area contributed by atoms with Crippen LogP contribution in [0.3, 0.4) is 0 Å². The Morgan fingerprint density at radius 1 is 1.25 bits per heavy atom. The fourth-order valence-corrected chi connectivity index (χ4v) is 1.91. The van der Waals surface area contributed by atoms with E-state index in [1.165, 1.54) is 5.56 Å². The van der Waals surface area contributed by atoms with Crippen molar-refractivity contribution in [2.24, 2.45) is 5.73 Å². The molecule has 0 aliphatic carbocycles. The van der Waals surface area contributed by atoms with Gasteiger partial charge in [0.2, 0.25) is 5.91 Å². The highest BCUT2D eigenvalue weighted by Gasteiger charge is 2.03. The Bertz CT molecular complexity index is 536. The fraction of sp³-hybridized carbons (Fsp3) is 0.333. The lowest BCUT2D eigenvalue weighted by molar-refractivity contribution is -0.121. The van der Waals surface area contributed by atoms with Gasteiger partial charge in [0.25, 0.3) is 0 Å². The summed E-state index contributed by atoms with van der Waals surface area (Å²) < 4.78 is 1.87. The molecule has 0 radical (unpaired) electrons. The maximum atomic E-state index is 11.5. The Morgan fingerprint density at radius 3 is 2.80 bits per heavy atom. The van der Waals surface area contributed by atoms with Gasteiger partial charge in [-0.2, -0.15) is 5.10 Å². The number of nitrogens with two attached hydrogens (primary N) is 1. The molecule has 0 saturated heterocycles. The molecule has 0 fully saturated rings. The normalized spacial score (nSPS) is 10.4. The maximum Gasteiger partial charge on any atom is 0.220 e. The van der Waals surface area contributed by atoms with Crippen molar-refractivity contribution in [1.82, 2.24) is 15.1 Å². The standard InChI is InChI=1S/C15H20N4O/c16-8-4-7-15(20)17-9-14-10-18-19(12-14)11-13-5-2-1-3-6-13/h1-3,5-6,10,12H,4,7-9,11,16H2,(H,17,20). The van der Waals surface area contributed by atoms with Gasteiger partial charge in [-0.3, -0.25) is 9.48 Å². The number of carbonyl (C=O) groups excluding carboxylic acids is 1. The summed E-state index contributed by atoms with van der Waals surface area (Å²) in [7, 11) is 0. The van der Waals surface area contributed by atoms with Crippen LogP contribution in [0.5, 0.6) is 0 Å². The van der Waals surface area contributed by atoms with Crippen molar-refractivity contribution in [1.29, 1.82) is 0 Å². The molecule has 3 N–H and O–H groups in total. The maximum absolute atomic E-state index is 11.5. The summed E-state index contributed by atoms with van der Waals surface area (Å²) in [6.07, 6.45) is 4.94. The summed E-state index contributed by atoms with van der Waals surface area (Å²) in [5.74, 6) is 0.0336. The molecular weight excluding hydrogens is 252 g/mol. The second-order valence-electron chi connectivity index (χ2n) is 4.70. The van der Waals surface area contributed by atoms with Crippen molar-refractivity contribution >= 4 is 5.91 Å². The van der Waals surface area contributed by atoms with E-state index < -0.39 is 0 Å². The molecule has 2 aromatic rings. The molecule has 0 unspecified atom stereocenters. The van der Waals surface area contributed by atoms with Crippen LogP contribution >= 0.6 is 0 Å². The molecule has 0 bridgehead atoms. The minimum Gasteiger partial charge on any atom is -0.352 e. The van der Waals surface area contributed by atoms with E-state index in [1.54, 1.807) is 6.20 Å². The van der Waals surface area contributed by atoms with Gasteiger partial charge in [0.15, 0.2) is 0 Å². The third-order valence-corrected chi connectivity index (χ3v) is 2.97.